The Labute approximate surface area is 176 Å². The second kappa shape index (κ2) is 8.00. The quantitative estimate of drug-likeness (QED) is 0.811. The summed E-state index contributed by atoms with van der Waals surface area (Å²) in [5.74, 6) is 1.42. The highest BCUT2D eigenvalue weighted by Gasteiger charge is 2.37. The number of carbonyl (C=O) groups is 1. The molecular formula is C22H30N6O2. The molecule has 0 saturated carbocycles. The van der Waals surface area contributed by atoms with Crippen molar-refractivity contribution in [2.45, 2.75) is 25.3 Å². The maximum Gasteiger partial charge on any atom is 0.261 e. The normalized spacial score (nSPS) is 25.0. The van der Waals surface area contributed by atoms with Gasteiger partial charge in [-0.3, -0.25) is 14.5 Å². The van der Waals surface area contributed by atoms with Gasteiger partial charge < -0.3 is 19.4 Å². The summed E-state index contributed by atoms with van der Waals surface area (Å²) in [6.07, 6.45) is 5.57. The second-order valence-electron chi connectivity index (χ2n) is 9.06. The maximum absolute atomic E-state index is 13.1. The van der Waals surface area contributed by atoms with Gasteiger partial charge in [0.15, 0.2) is 0 Å². The third kappa shape index (κ3) is 3.70. The van der Waals surface area contributed by atoms with E-state index in [-0.39, 0.29) is 17.4 Å². The van der Waals surface area contributed by atoms with Crippen molar-refractivity contribution >= 4 is 5.91 Å². The summed E-state index contributed by atoms with van der Waals surface area (Å²) in [4.78, 5) is 40.1. The van der Waals surface area contributed by atoms with Gasteiger partial charge in [0.1, 0.15) is 5.82 Å². The van der Waals surface area contributed by atoms with Gasteiger partial charge in [-0.1, -0.05) is 0 Å². The molecule has 30 heavy (non-hydrogen) atoms. The highest BCUT2D eigenvalue weighted by atomic mass is 16.2. The van der Waals surface area contributed by atoms with Gasteiger partial charge in [0, 0.05) is 56.7 Å². The molecule has 0 aliphatic carbocycles. The number of fused-ring (bicyclic) bond motifs is 4. The molecular weight excluding hydrogens is 380 g/mol. The average molecular weight is 411 g/mol. The third-order valence-electron chi connectivity index (χ3n) is 6.88. The predicted molar refractivity (Wildman–Crippen MR) is 114 cm³/mol. The number of amides is 1. The molecule has 5 rings (SSSR count). The van der Waals surface area contributed by atoms with Crippen LogP contribution in [0.5, 0.6) is 0 Å². The van der Waals surface area contributed by atoms with Crippen LogP contribution >= 0.6 is 0 Å². The van der Waals surface area contributed by atoms with E-state index in [0.29, 0.717) is 36.9 Å². The third-order valence-corrected chi connectivity index (χ3v) is 6.88. The smallest absolute Gasteiger partial charge is 0.261 e. The number of hydrogen-bond acceptors (Lipinski definition) is 5. The van der Waals surface area contributed by atoms with Gasteiger partial charge in [0.2, 0.25) is 5.91 Å². The van der Waals surface area contributed by atoms with E-state index in [1.807, 2.05) is 15.5 Å². The van der Waals surface area contributed by atoms with Crippen molar-refractivity contribution in [3.05, 3.63) is 40.6 Å². The topological polar surface area (TPSA) is 77.5 Å². The molecule has 2 atom stereocenters. The molecule has 2 bridgehead atoms. The second-order valence-corrected chi connectivity index (χ2v) is 9.06. The summed E-state index contributed by atoms with van der Waals surface area (Å²) >= 11 is 0. The summed E-state index contributed by atoms with van der Waals surface area (Å²) in [6, 6.07) is 3.93. The average Bonchev–Trinajstić information content (AvgIpc) is 3.19. The molecule has 0 spiro atoms. The lowest BCUT2D eigenvalue weighted by atomic mass is 9.83. The molecule has 5 heterocycles. The van der Waals surface area contributed by atoms with E-state index in [2.05, 4.69) is 32.9 Å². The maximum atomic E-state index is 13.1. The number of H-pyrrole nitrogens is 1. The number of aromatic nitrogens is 3. The van der Waals surface area contributed by atoms with Crippen LogP contribution in [0.2, 0.25) is 0 Å². The number of aromatic amines is 1. The van der Waals surface area contributed by atoms with Crippen molar-refractivity contribution < 1.29 is 4.79 Å². The van der Waals surface area contributed by atoms with E-state index in [9.17, 15) is 9.59 Å². The van der Waals surface area contributed by atoms with Crippen molar-refractivity contribution in [3.8, 4) is 11.4 Å². The van der Waals surface area contributed by atoms with E-state index >= 15 is 0 Å². The zero-order valence-corrected chi connectivity index (χ0v) is 17.6. The van der Waals surface area contributed by atoms with Crippen molar-refractivity contribution in [2.24, 2.45) is 5.92 Å². The Bertz CT molecular complexity index is 969. The van der Waals surface area contributed by atoms with Gasteiger partial charge in [-0.25, -0.2) is 4.98 Å². The van der Waals surface area contributed by atoms with Gasteiger partial charge in [0.25, 0.3) is 5.56 Å². The fourth-order valence-electron chi connectivity index (χ4n) is 5.29. The zero-order valence-electron chi connectivity index (χ0n) is 17.6. The molecule has 0 unspecified atom stereocenters. The highest BCUT2D eigenvalue weighted by Crippen LogP contribution is 2.35. The largest absolute Gasteiger partial charge is 0.344 e. The molecule has 3 aliphatic rings. The molecule has 160 valence electrons. The first kappa shape index (κ1) is 19.5. The lowest BCUT2D eigenvalue weighted by molar-refractivity contribution is -0.135. The van der Waals surface area contributed by atoms with Gasteiger partial charge in [-0.2, -0.15) is 0 Å². The number of pyridine rings is 1. The Morgan fingerprint density at radius 2 is 2.07 bits per heavy atom. The number of imidazole rings is 1. The van der Waals surface area contributed by atoms with Crippen LogP contribution in [-0.2, 0) is 11.3 Å². The number of likely N-dealkylation sites (tertiary alicyclic amines) is 1. The minimum atomic E-state index is 0.0191. The van der Waals surface area contributed by atoms with Gasteiger partial charge in [-0.15, -0.1) is 0 Å². The Morgan fingerprint density at radius 3 is 2.90 bits per heavy atom. The number of piperidine rings is 1. The van der Waals surface area contributed by atoms with Crippen LogP contribution in [0.15, 0.2) is 29.3 Å². The number of likely N-dealkylation sites (N-methyl/N-ethyl adjacent to an activating group) is 1. The molecule has 1 amide bonds. The van der Waals surface area contributed by atoms with Crippen molar-refractivity contribution in [3.63, 3.8) is 0 Å². The van der Waals surface area contributed by atoms with Crippen LogP contribution in [-0.4, -0.2) is 88.0 Å². The Hall–Kier alpha value is -2.45. The van der Waals surface area contributed by atoms with Gasteiger partial charge in [-0.05, 0) is 51.0 Å². The summed E-state index contributed by atoms with van der Waals surface area (Å²) in [5.41, 5.74) is 1.69. The summed E-state index contributed by atoms with van der Waals surface area (Å²) in [5, 5.41) is 0. The fraction of sp³-hybridized carbons (Fsp3) is 0.591. The number of hydrogen-bond donors (Lipinski definition) is 1. The van der Waals surface area contributed by atoms with Gasteiger partial charge >= 0.3 is 0 Å². The first-order chi connectivity index (χ1) is 14.6. The highest BCUT2D eigenvalue weighted by molar-refractivity contribution is 5.78. The van der Waals surface area contributed by atoms with E-state index in [1.165, 1.54) is 0 Å². The van der Waals surface area contributed by atoms with Gasteiger partial charge in [0.05, 0.1) is 12.1 Å². The van der Waals surface area contributed by atoms with E-state index in [0.717, 1.165) is 51.3 Å². The fourth-order valence-corrected chi connectivity index (χ4v) is 5.29. The number of rotatable bonds is 3. The number of nitrogens with one attached hydrogen (secondary N) is 1. The van der Waals surface area contributed by atoms with E-state index < -0.39 is 0 Å². The van der Waals surface area contributed by atoms with Crippen molar-refractivity contribution in [2.75, 3.05) is 52.9 Å². The summed E-state index contributed by atoms with van der Waals surface area (Å²) in [6.45, 7) is 6.72. The molecule has 2 fully saturated rings. The molecule has 3 aliphatic heterocycles. The SMILES string of the molecule is CN1CCCN(CC(=O)N2C[C@@H]3C[C@H](C2)c2ccc(-c4ncc[nH]4)c(=O)n2C3)CC1. The zero-order chi connectivity index (χ0) is 20.7. The first-order valence-corrected chi connectivity index (χ1v) is 11.0. The predicted octanol–water partition coefficient (Wildman–Crippen LogP) is 0.822. The van der Waals surface area contributed by atoms with Crippen LogP contribution in [0, 0.1) is 5.92 Å². The standard InChI is InChI=1S/C22H30N6O2/c1-25-7-2-8-26(10-9-25)15-20(29)27-12-16-11-17(14-27)19-4-3-18(21-23-5-6-24-21)22(30)28(19)13-16/h3-6,16-17H,2,7-15H2,1H3,(H,23,24)/t16-,17+/m0/s1. The molecule has 0 aromatic carbocycles. The monoisotopic (exact) mass is 410 g/mol. The van der Waals surface area contributed by atoms with E-state index in [4.69, 9.17) is 0 Å². The molecule has 8 heteroatoms. The molecule has 2 aromatic rings. The number of carbonyl (C=O) groups excluding carboxylic acids is 1. The Balaban J connectivity index is 1.31. The number of nitrogens with zero attached hydrogens (tertiary/aromatic N) is 5. The van der Waals surface area contributed by atoms with E-state index in [1.54, 1.807) is 12.4 Å². The molecule has 8 nitrogen and oxygen atoms in total. The Kier molecular flexibility index (Phi) is 5.20. The first-order valence-electron chi connectivity index (χ1n) is 11.0. The van der Waals surface area contributed by atoms with Crippen LogP contribution < -0.4 is 5.56 Å². The molecule has 2 aromatic heterocycles. The van der Waals surface area contributed by atoms with Crippen LogP contribution in [0.4, 0.5) is 0 Å². The molecule has 1 N–H and O–H groups in total. The van der Waals surface area contributed by atoms with Crippen LogP contribution in [0.3, 0.4) is 0 Å². The summed E-state index contributed by atoms with van der Waals surface area (Å²) < 4.78 is 1.92. The Morgan fingerprint density at radius 1 is 1.17 bits per heavy atom. The summed E-state index contributed by atoms with van der Waals surface area (Å²) in [7, 11) is 2.15. The van der Waals surface area contributed by atoms with Crippen molar-refractivity contribution in [1.82, 2.24) is 29.2 Å². The van der Waals surface area contributed by atoms with Crippen molar-refractivity contribution in [1.29, 1.82) is 0 Å². The molecule has 2 saturated heterocycles. The minimum absolute atomic E-state index is 0.0191. The minimum Gasteiger partial charge on any atom is -0.344 e. The lowest BCUT2D eigenvalue weighted by Gasteiger charge is -2.43. The van der Waals surface area contributed by atoms with Crippen LogP contribution in [0.1, 0.15) is 24.5 Å². The molecule has 0 radical (unpaired) electrons. The van der Waals surface area contributed by atoms with Crippen LogP contribution in [0.25, 0.3) is 11.4 Å². The lowest BCUT2D eigenvalue weighted by Crippen LogP contribution is -2.51.